The van der Waals surface area contributed by atoms with E-state index in [-0.39, 0.29) is 0 Å². The molecular formula is C22H40. The highest BCUT2D eigenvalue weighted by molar-refractivity contribution is 4.98. The second-order valence-electron chi connectivity index (χ2n) is 7.22. The van der Waals surface area contributed by atoms with Crippen molar-refractivity contribution < 1.29 is 0 Å². The summed E-state index contributed by atoms with van der Waals surface area (Å²) < 4.78 is 0. The van der Waals surface area contributed by atoms with Crippen molar-refractivity contribution in [2.75, 3.05) is 0 Å². The second kappa shape index (κ2) is 16.9. The van der Waals surface area contributed by atoms with E-state index in [1.807, 2.05) is 0 Å². The van der Waals surface area contributed by atoms with Crippen LogP contribution in [0.2, 0.25) is 0 Å². The van der Waals surface area contributed by atoms with E-state index in [0.29, 0.717) is 0 Å². The maximum Gasteiger partial charge on any atom is 0.00886 e. The summed E-state index contributed by atoms with van der Waals surface area (Å²) in [5.74, 6) is 6.75. The Hall–Kier alpha value is -0.440. The molecule has 1 aliphatic rings. The number of hydrogen-bond acceptors (Lipinski definition) is 0. The lowest BCUT2D eigenvalue weighted by molar-refractivity contribution is 0.524. The highest BCUT2D eigenvalue weighted by Gasteiger charge is 1.95. The molecular weight excluding hydrogens is 264 g/mol. The minimum Gasteiger partial charge on any atom is -0.103 e. The Bertz CT molecular complexity index is 241. The standard InChI is InChI=1S/C22H40/c1-2-4-6-8-10-12-14-16-18-20-22-21-19-17-15-13-11-9-7-5-3-1/h1-20H2. The van der Waals surface area contributed by atoms with Crippen molar-refractivity contribution >= 4 is 0 Å². The van der Waals surface area contributed by atoms with Crippen LogP contribution >= 0.6 is 0 Å². The molecule has 0 saturated heterocycles. The van der Waals surface area contributed by atoms with E-state index in [9.17, 15) is 0 Å². The molecule has 0 aliphatic heterocycles. The molecule has 0 atom stereocenters. The van der Waals surface area contributed by atoms with Gasteiger partial charge in [-0.05, 0) is 12.8 Å². The van der Waals surface area contributed by atoms with Gasteiger partial charge < -0.3 is 0 Å². The molecule has 0 heterocycles. The van der Waals surface area contributed by atoms with E-state index < -0.39 is 0 Å². The third-order valence-electron chi connectivity index (χ3n) is 4.98. The first-order chi connectivity index (χ1) is 11.0. The Morgan fingerprint density at radius 2 is 0.409 bits per heavy atom. The van der Waals surface area contributed by atoms with Crippen molar-refractivity contribution in [1.29, 1.82) is 0 Å². The summed E-state index contributed by atoms with van der Waals surface area (Å²) in [5, 5.41) is 0. The molecule has 0 bridgehead atoms. The van der Waals surface area contributed by atoms with Crippen molar-refractivity contribution in [1.82, 2.24) is 0 Å². The van der Waals surface area contributed by atoms with Gasteiger partial charge in [0.25, 0.3) is 0 Å². The average molecular weight is 305 g/mol. The van der Waals surface area contributed by atoms with Gasteiger partial charge in [-0.3, -0.25) is 0 Å². The fraction of sp³-hybridized carbons (Fsp3) is 0.909. The van der Waals surface area contributed by atoms with Gasteiger partial charge in [-0.2, -0.15) is 0 Å². The summed E-state index contributed by atoms with van der Waals surface area (Å²) in [6.07, 6.45) is 28.3. The van der Waals surface area contributed by atoms with Crippen LogP contribution in [0.15, 0.2) is 0 Å². The highest BCUT2D eigenvalue weighted by Crippen LogP contribution is 2.14. The van der Waals surface area contributed by atoms with Gasteiger partial charge in [0.1, 0.15) is 0 Å². The molecule has 0 radical (unpaired) electrons. The van der Waals surface area contributed by atoms with Crippen LogP contribution < -0.4 is 0 Å². The Morgan fingerprint density at radius 1 is 0.227 bits per heavy atom. The molecule has 0 amide bonds. The van der Waals surface area contributed by atoms with Crippen LogP contribution in [0, 0.1) is 11.8 Å². The summed E-state index contributed by atoms with van der Waals surface area (Å²) in [5.41, 5.74) is 0. The van der Waals surface area contributed by atoms with Gasteiger partial charge in [0.05, 0.1) is 0 Å². The van der Waals surface area contributed by atoms with E-state index in [1.165, 1.54) is 116 Å². The van der Waals surface area contributed by atoms with Crippen LogP contribution in [0.4, 0.5) is 0 Å². The smallest absolute Gasteiger partial charge is 0.00886 e. The Balaban J connectivity index is 2.07. The van der Waals surface area contributed by atoms with E-state index in [2.05, 4.69) is 11.8 Å². The largest absolute Gasteiger partial charge is 0.103 e. The molecule has 0 aromatic rings. The molecule has 0 heteroatoms. The monoisotopic (exact) mass is 304 g/mol. The number of rotatable bonds is 0. The zero-order valence-corrected chi connectivity index (χ0v) is 15.1. The van der Waals surface area contributed by atoms with Crippen LogP contribution in [0.3, 0.4) is 0 Å². The average Bonchev–Trinajstić information content (AvgIpc) is 2.53. The van der Waals surface area contributed by atoms with Crippen LogP contribution in [0.1, 0.15) is 128 Å². The van der Waals surface area contributed by atoms with Gasteiger partial charge in [-0.1, -0.05) is 103 Å². The number of hydrogen-bond donors (Lipinski definition) is 0. The van der Waals surface area contributed by atoms with Gasteiger partial charge >= 0.3 is 0 Å². The molecule has 0 saturated carbocycles. The zero-order valence-electron chi connectivity index (χ0n) is 15.1. The zero-order chi connectivity index (χ0) is 15.6. The van der Waals surface area contributed by atoms with Gasteiger partial charge in [0, 0.05) is 12.8 Å². The Morgan fingerprint density at radius 3 is 0.636 bits per heavy atom. The molecule has 0 nitrogen and oxygen atoms in total. The lowest BCUT2D eigenvalue weighted by Gasteiger charge is -2.04. The topological polar surface area (TPSA) is 0 Å². The molecule has 128 valence electrons. The van der Waals surface area contributed by atoms with Gasteiger partial charge in [0.2, 0.25) is 0 Å². The summed E-state index contributed by atoms with van der Waals surface area (Å²) in [6.45, 7) is 0. The maximum absolute atomic E-state index is 3.37. The predicted octanol–water partition coefficient (Wildman–Crippen LogP) is 7.81. The first-order valence-corrected chi connectivity index (χ1v) is 10.5. The first kappa shape index (κ1) is 19.6. The maximum atomic E-state index is 3.37. The molecule has 0 aromatic carbocycles. The van der Waals surface area contributed by atoms with E-state index in [4.69, 9.17) is 0 Å². The van der Waals surface area contributed by atoms with Crippen LogP contribution in [-0.4, -0.2) is 0 Å². The van der Waals surface area contributed by atoms with Gasteiger partial charge in [0.15, 0.2) is 0 Å². The summed E-state index contributed by atoms with van der Waals surface area (Å²) in [6, 6.07) is 0. The lowest BCUT2D eigenvalue weighted by atomic mass is 10.0. The summed E-state index contributed by atoms with van der Waals surface area (Å²) in [4.78, 5) is 0. The third-order valence-corrected chi connectivity index (χ3v) is 4.98. The normalized spacial score (nSPS) is 22.5. The molecule has 1 aliphatic carbocycles. The SMILES string of the molecule is C1#CCCCCCCCCCCCCCCCCCCCC1. The molecule has 0 aromatic heterocycles. The van der Waals surface area contributed by atoms with Crippen LogP contribution in [-0.2, 0) is 0 Å². The molecule has 0 fully saturated rings. The minimum absolute atomic E-state index is 1.14. The van der Waals surface area contributed by atoms with E-state index in [0.717, 1.165) is 12.8 Å². The van der Waals surface area contributed by atoms with Gasteiger partial charge in [-0.25, -0.2) is 0 Å². The molecule has 0 spiro atoms. The highest BCUT2D eigenvalue weighted by atomic mass is 14.0. The van der Waals surface area contributed by atoms with E-state index in [1.54, 1.807) is 0 Å². The predicted molar refractivity (Wildman–Crippen MR) is 100 cm³/mol. The van der Waals surface area contributed by atoms with Crippen molar-refractivity contribution in [2.45, 2.75) is 128 Å². The Kier molecular flexibility index (Phi) is 15.1. The second-order valence-corrected chi connectivity index (χ2v) is 7.22. The molecule has 1 rings (SSSR count). The quantitative estimate of drug-likeness (QED) is 0.400. The van der Waals surface area contributed by atoms with Gasteiger partial charge in [-0.15, -0.1) is 11.8 Å². The summed E-state index contributed by atoms with van der Waals surface area (Å²) in [7, 11) is 0. The van der Waals surface area contributed by atoms with Crippen LogP contribution in [0.5, 0.6) is 0 Å². The molecule has 22 heavy (non-hydrogen) atoms. The van der Waals surface area contributed by atoms with Crippen molar-refractivity contribution in [3.05, 3.63) is 0 Å². The van der Waals surface area contributed by atoms with Crippen molar-refractivity contribution in [3.63, 3.8) is 0 Å². The summed E-state index contributed by atoms with van der Waals surface area (Å²) >= 11 is 0. The van der Waals surface area contributed by atoms with Crippen molar-refractivity contribution in [2.24, 2.45) is 0 Å². The van der Waals surface area contributed by atoms with Crippen molar-refractivity contribution in [3.8, 4) is 11.8 Å². The van der Waals surface area contributed by atoms with Crippen LogP contribution in [0.25, 0.3) is 0 Å². The fourth-order valence-electron chi connectivity index (χ4n) is 3.43. The van der Waals surface area contributed by atoms with E-state index >= 15 is 0 Å². The third kappa shape index (κ3) is 14.5. The fourth-order valence-corrected chi connectivity index (χ4v) is 3.43. The first-order valence-electron chi connectivity index (χ1n) is 10.5. The minimum atomic E-state index is 1.14. The molecule has 0 unspecified atom stereocenters. The molecule has 0 N–H and O–H groups in total. The Labute approximate surface area is 140 Å². The lowest BCUT2D eigenvalue weighted by Crippen LogP contribution is -1.84.